The highest BCUT2D eigenvalue weighted by Crippen LogP contribution is 2.73. The highest BCUT2D eigenvalue weighted by atomic mass is 16.7. The van der Waals surface area contributed by atoms with E-state index in [4.69, 9.17) is 23.7 Å². The number of rotatable bonds is 12. The summed E-state index contributed by atoms with van der Waals surface area (Å²) in [5, 5.41) is 11.8. The van der Waals surface area contributed by atoms with E-state index in [1.54, 1.807) is 0 Å². The summed E-state index contributed by atoms with van der Waals surface area (Å²) in [6.07, 6.45) is 9.47. The summed E-state index contributed by atoms with van der Waals surface area (Å²) in [5.74, 6) is -1.18. The highest BCUT2D eigenvalue weighted by Gasteiger charge is 2.72. The first kappa shape index (κ1) is 60.5. The van der Waals surface area contributed by atoms with Crippen molar-refractivity contribution in [1.82, 2.24) is 0 Å². The molecule has 0 aromatic rings. The van der Waals surface area contributed by atoms with Crippen molar-refractivity contribution in [1.29, 1.82) is 0 Å². The minimum Gasteiger partial charge on any atom is -0.465 e. The molecule has 1 N–H and O–H groups in total. The minimum atomic E-state index is -0.840. The predicted octanol–water partition coefficient (Wildman–Crippen LogP) is 11.3. The monoisotopic (exact) mass is 923 g/mol. The second-order valence-corrected chi connectivity index (χ2v) is 21.6. The molecule has 380 valence electrons. The summed E-state index contributed by atoms with van der Waals surface area (Å²) in [4.78, 5) is 68.5. The molecule has 8 bridgehead atoms. The van der Waals surface area contributed by atoms with Gasteiger partial charge in [-0.3, -0.25) is 24.0 Å². The lowest BCUT2D eigenvalue weighted by Crippen LogP contribution is -2.53. The number of aliphatic hydroxyl groups is 1. The Morgan fingerprint density at radius 3 is 1.77 bits per heavy atom. The molecular weight excluding hydrogens is 825 g/mol. The molecule has 1 heterocycles. The van der Waals surface area contributed by atoms with Crippen LogP contribution >= 0.6 is 0 Å². The molecule has 21 atom stereocenters. The lowest BCUT2D eigenvalue weighted by molar-refractivity contribution is -0.177. The maximum Gasteiger partial charge on any atom is 0.317 e. The molecule has 0 spiro atoms. The Bertz CT molecular complexity index is 1620. The number of fused-ring (bicyclic) bond motifs is 8. The Morgan fingerprint density at radius 1 is 0.662 bits per heavy atom. The minimum absolute atomic E-state index is 0. The molecule has 0 aromatic carbocycles. The lowest BCUT2D eigenvalue weighted by Gasteiger charge is -2.52. The Kier molecular flexibility index (Phi) is 21.1. The van der Waals surface area contributed by atoms with Crippen LogP contribution in [0.4, 0.5) is 0 Å². The third-order valence-electron chi connectivity index (χ3n) is 18.0. The normalized spacial score (nSPS) is 42.3. The molecule has 0 aromatic heterocycles. The van der Waals surface area contributed by atoms with E-state index in [2.05, 4.69) is 6.92 Å². The molecule has 0 amide bonds. The summed E-state index contributed by atoms with van der Waals surface area (Å²) >= 11 is 0. The smallest absolute Gasteiger partial charge is 0.317 e. The highest BCUT2D eigenvalue weighted by molar-refractivity contribution is 5.96. The summed E-state index contributed by atoms with van der Waals surface area (Å²) in [6, 6.07) is 0. The first-order chi connectivity index (χ1) is 27.1. The molecule has 9 fully saturated rings. The van der Waals surface area contributed by atoms with Gasteiger partial charge in [0.2, 0.25) is 0 Å². The fourth-order valence-corrected chi connectivity index (χ4v) is 16.4. The van der Waals surface area contributed by atoms with Crippen molar-refractivity contribution in [3.05, 3.63) is 0 Å². The summed E-state index contributed by atoms with van der Waals surface area (Å²) in [7, 11) is 1.49. The molecule has 9 aliphatic rings. The largest absolute Gasteiger partial charge is 0.465 e. The second kappa shape index (κ2) is 22.7. The maximum absolute atomic E-state index is 14.7. The Morgan fingerprint density at radius 2 is 1.25 bits per heavy atom. The number of hydrogen-bond acceptors (Lipinski definition) is 11. The SMILES string of the molecule is C.C.C.C.C.C.C.C.COCOC(=O)C1C2CC(C1C(=O)OCC1CC3CCC1C3)C(C1C3CCC(C3)C1C1C(=O)OC(=O)C1C)C2C1C(C)C2CC(C(O)CC(=O)OC(C)(C)C)C1C2. The van der Waals surface area contributed by atoms with Crippen LogP contribution in [0.2, 0.25) is 0 Å². The molecule has 11 heteroatoms. The van der Waals surface area contributed by atoms with E-state index < -0.39 is 59.3 Å². The van der Waals surface area contributed by atoms with Gasteiger partial charge in [-0.25, -0.2) is 0 Å². The molecule has 1 saturated heterocycles. The first-order valence-electron chi connectivity index (χ1n) is 22.6. The van der Waals surface area contributed by atoms with Crippen LogP contribution < -0.4 is 0 Å². The van der Waals surface area contributed by atoms with E-state index in [1.807, 2.05) is 27.7 Å². The first-order valence-corrected chi connectivity index (χ1v) is 22.6. The number of methoxy groups -OCH3 is 1. The number of cyclic esters (lactones) is 2. The van der Waals surface area contributed by atoms with Gasteiger partial charge >= 0.3 is 29.8 Å². The standard InChI is InChI=1S/C46H66O11.8CH4/c1-20-26-14-28(32(47)17-33(48)57-46(3,4)5)29(15-26)34(20)38-30-16-31(39(38)37-25-10-9-24(13-25)36(37)35-21(2)42(49)56-45(35)52)40(41(30)44(51)55-19-53-6)43(50)54-18-27-12-22-7-8-23(27)11-22;;;;;;;;/h20-32,34-41,47H,7-19H2,1-6H3;8*1H4. The van der Waals surface area contributed by atoms with Crippen LogP contribution in [0.5, 0.6) is 0 Å². The Balaban J connectivity index is 0.00000264. The van der Waals surface area contributed by atoms with Crippen molar-refractivity contribution in [2.24, 2.45) is 118 Å². The van der Waals surface area contributed by atoms with Gasteiger partial charge in [0, 0.05) is 7.11 Å². The number of carbonyl (C=O) groups excluding carboxylic acids is 5. The van der Waals surface area contributed by atoms with E-state index >= 15 is 0 Å². The van der Waals surface area contributed by atoms with Crippen molar-refractivity contribution in [3.8, 4) is 0 Å². The van der Waals surface area contributed by atoms with Crippen LogP contribution in [0, 0.1) is 118 Å². The van der Waals surface area contributed by atoms with Gasteiger partial charge in [-0.2, -0.15) is 0 Å². The van der Waals surface area contributed by atoms with Crippen molar-refractivity contribution < 1.29 is 52.8 Å². The number of hydrogen-bond donors (Lipinski definition) is 1. The van der Waals surface area contributed by atoms with Crippen LogP contribution in [0.15, 0.2) is 0 Å². The van der Waals surface area contributed by atoms with E-state index in [9.17, 15) is 29.1 Å². The molecule has 21 unspecified atom stereocenters. The fourth-order valence-electron chi connectivity index (χ4n) is 16.4. The van der Waals surface area contributed by atoms with Crippen LogP contribution in [-0.4, -0.2) is 67.2 Å². The predicted molar refractivity (Wildman–Crippen MR) is 258 cm³/mol. The van der Waals surface area contributed by atoms with Crippen LogP contribution in [0.3, 0.4) is 0 Å². The summed E-state index contributed by atoms with van der Waals surface area (Å²) < 4.78 is 28.3. The van der Waals surface area contributed by atoms with Gasteiger partial charge < -0.3 is 28.8 Å². The van der Waals surface area contributed by atoms with E-state index in [0.717, 1.165) is 44.4 Å². The molecule has 8 aliphatic carbocycles. The third kappa shape index (κ3) is 10.3. The molecular formula is C54H98O11. The number of ether oxygens (including phenoxy) is 5. The van der Waals surface area contributed by atoms with Crippen molar-refractivity contribution >= 4 is 29.8 Å². The average Bonchev–Trinajstić information content (AvgIpc) is 4.02. The Labute approximate surface area is 396 Å². The molecule has 8 saturated carbocycles. The van der Waals surface area contributed by atoms with Crippen molar-refractivity contribution in [2.45, 2.75) is 176 Å². The molecule has 0 radical (unpaired) electrons. The number of aliphatic hydroxyl groups excluding tert-OH is 1. The van der Waals surface area contributed by atoms with E-state index in [1.165, 1.54) is 26.4 Å². The molecule has 1 aliphatic heterocycles. The Hall–Kier alpha value is -2.53. The van der Waals surface area contributed by atoms with Gasteiger partial charge in [0.25, 0.3) is 0 Å². The number of carbonyl (C=O) groups is 5. The van der Waals surface area contributed by atoms with Gasteiger partial charge in [-0.15, -0.1) is 0 Å². The van der Waals surface area contributed by atoms with Crippen molar-refractivity contribution in [2.75, 3.05) is 20.5 Å². The van der Waals surface area contributed by atoms with Gasteiger partial charge in [0.05, 0.1) is 42.8 Å². The van der Waals surface area contributed by atoms with Gasteiger partial charge in [-0.1, -0.05) is 79.7 Å². The number of esters is 5. The maximum atomic E-state index is 14.7. The zero-order valence-corrected chi connectivity index (χ0v) is 34.8. The van der Waals surface area contributed by atoms with Gasteiger partial charge in [0.1, 0.15) is 5.60 Å². The van der Waals surface area contributed by atoms with Crippen LogP contribution in [-0.2, 0) is 47.7 Å². The van der Waals surface area contributed by atoms with E-state index in [-0.39, 0.29) is 132 Å². The quantitative estimate of drug-likeness (QED) is 0.0862. The molecule has 65 heavy (non-hydrogen) atoms. The van der Waals surface area contributed by atoms with Gasteiger partial charge in [0.15, 0.2) is 6.79 Å². The van der Waals surface area contributed by atoms with Crippen LogP contribution in [0.1, 0.15) is 165 Å². The van der Waals surface area contributed by atoms with Crippen molar-refractivity contribution in [3.63, 3.8) is 0 Å². The zero-order chi connectivity index (χ0) is 40.2. The second-order valence-electron chi connectivity index (χ2n) is 21.6. The zero-order valence-electron chi connectivity index (χ0n) is 34.8. The molecule has 11 nitrogen and oxygen atoms in total. The third-order valence-corrected chi connectivity index (χ3v) is 18.0. The lowest BCUT2D eigenvalue weighted by atomic mass is 9.52. The average molecular weight is 923 g/mol. The topological polar surface area (TPSA) is 152 Å². The summed E-state index contributed by atoms with van der Waals surface area (Å²) in [5.41, 5.74) is -0.648. The van der Waals surface area contributed by atoms with E-state index in [0.29, 0.717) is 48.5 Å². The summed E-state index contributed by atoms with van der Waals surface area (Å²) in [6.45, 7) is 9.88. The van der Waals surface area contributed by atoms with Crippen LogP contribution in [0.25, 0.3) is 0 Å². The van der Waals surface area contributed by atoms with Gasteiger partial charge in [-0.05, 0) is 173 Å². The fraction of sp³-hybridized carbons (Fsp3) is 0.907. The molecule has 9 rings (SSSR count).